The molecule has 0 saturated heterocycles. The van der Waals surface area contributed by atoms with Crippen molar-refractivity contribution in [1.29, 1.82) is 0 Å². The highest BCUT2D eigenvalue weighted by molar-refractivity contribution is 9.10. The lowest BCUT2D eigenvalue weighted by Crippen LogP contribution is -2.22. The highest BCUT2D eigenvalue weighted by atomic mass is 79.9. The Morgan fingerprint density at radius 1 is 1.07 bits per heavy atom. The number of amides is 1. The molecule has 1 aromatic heterocycles. The number of hydrogen-bond acceptors (Lipinski definition) is 3. The molecule has 0 unspecified atom stereocenters. The Morgan fingerprint density at radius 2 is 1.79 bits per heavy atom. The van der Waals surface area contributed by atoms with Gasteiger partial charge in [-0.05, 0) is 61.5 Å². The van der Waals surface area contributed by atoms with Gasteiger partial charge in [-0.25, -0.2) is 9.37 Å². The first-order valence-electron chi connectivity index (χ1n) is 8.79. The lowest BCUT2D eigenvalue weighted by atomic mass is 10.1. The summed E-state index contributed by atoms with van der Waals surface area (Å²) in [6.45, 7) is 1.75. The van der Waals surface area contributed by atoms with Crippen LogP contribution < -0.4 is 10.9 Å². The maximum Gasteiger partial charge on any atom is 0.265 e. The van der Waals surface area contributed by atoms with Gasteiger partial charge in [0, 0.05) is 10.0 Å². The number of hydrogen-bond donors (Lipinski definition) is 1. The number of halogens is 2. The fraction of sp³-hybridized carbons (Fsp3) is 0.0455. The summed E-state index contributed by atoms with van der Waals surface area (Å²) in [5, 5.41) is 3.06. The van der Waals surface area contributed by atoms with Crippen LogP contribution in [0.3, 0.4) is 0 Å². The van der Waals surface area contributed by atoms with Crippen LogP contribution in [0.4, 0.5) is 10.1 Å². The molecule has 3 aromatic carbocycles. The van der Waals surface area contributed by atoms with Crippen LogP contribution in [0, 0.1) is 12.7 Å². The van der Waals surface area contributed by atoms with Gasteiger partial charge in [0.15, 0.2) is 0 Å². The van der Waals surface area contributed by atoms with Crippen molar-refractivity contribution in [3.8, 4) is 5.69 Å². The predicted octanol–water partition coefficient (Wildman–Crippen LogP) is 4.85. The minimum atomic E-state index is -0.534. The van der Waals surface area contributed by atoms with E-state index >= 15 is 0 Å². The van der Waals surface area contributed by atoms with Gasteiger partial charge in [-0.3, -0.25) is 14.2 Å². The number of nitrogens with one attached hydrogen (secondary N) is 1. The lowest BCUT2D eigenvalue weighted by Gasteiger charge is -2.12. The van der Waals surface area contributed by atoms with Crippen molar-refractivity contribution in [3.63, 3.8) is 0 Å². The van der Waals surface area contributed by atoms with Gasteiger partial charge < -0.3 is 5.32 Å². The molecule has 1 amide bonds. The Morgan fingerprint density at radius 3 is 2.52 bits per heavy atom. The number of para-hydroxylation sites is 1. The molecule has 0 aliphatic heterocycles. The SMILES string of the molecule is Cc1nc2ccccc2c(=O)n1-c1ccc(C(=O)Nc2ccc(Br)cc2F)cc1. The van der Waals surface area contributed by atoms with Gasteiger partial charge in [-0.2, -0.15) is 0 Å². The van der Waals surface area contributed by atoms with Crippen molar-refractivity contribution < 1.29 is 9.18 Å². The molecular formula is C22H15BrFN3O2. The first kappa shape index (κ1) is 19.0. The molecule has 0 aliphatic rings. The quantitative estimate of drug-likeness (QED) is 0.484. The standard InChI is InChI=1S/C22H15BrFN3O2/c1-13-25-19-5-3-2-4-17(19)22(29)27(13)16-9-6-14(7-10-16)21(28)26-20-11-8-15(23)12-18(20)24/h2-12H,1H3,(H,26,28). The van der Waals surface area contributed by atoms with Crippen molar-refractivity contribution in [2.75, 3.05) is 5.32 Å². The number of anilines is 1. The Kier molecular flexibility index (Phi) is 4.98. The Balaban J connectivity index is 1.65. The number of rotatable bonds is 3. The number of benzene rings is 3. The van der Waals surface area contributed by atoms with E-state index in [1.54, 1.807) is 55.5 Å². The van der Waals surface area contributed by atoms with Gasteiger partial charge >= 0.3 is 0 Å². The smallest absolute Gasteiger partial charge is 0.265 e. The van der Waals surface area contributed by atoms with Crippen molar-refractivity contribution in [3.05, 3.63) is 98.8 Å². The third-order valence-corrected chi connectivity index (χ3v) is 5.00. The van der Waals surface area contributed by atoms with Crippen LogP contribution in [0.15, 0.2) is 76.0 Å². The third kappa shape index (κ3) is 3.69. The summed E-state index contributed by atoms with van der Waals surface area (Å²) in [5.74, 6) is -0.435. The van der Waals surface area contributed by atoms with Gasteiger partial charge in [-0.15, -0.1) is 0 Å². The van der Waals surface area contributed by atoms with E-state index in [0.717, 1.165) is 0 Å². The van der Waals surface area contributed by atoms with Gasteiger partial charge in [0.25, 0.3) is 11.5 Å². The van der Waals surface area contributed by atoms with E-state index in [-0.39, 0.29) is 11.2 Å². The zero-order chi connectivity index (χ0) is 20.5. The topological polar surface area (TPSA) is 64.0 Å². The maximum atomic E-state index is 13.9. The number of carbonyl (C=O) groups is 1. The van der Waals surface area contributed by atoms with Crippen LogP contribution in [0.2, 0.25) is 0 Å². The molecule has 0 fully saturated rings. The predicted molar refractivity (Wildman–Crippen MR) is 114 cm³/mol. The fourth-order valence-electron chi connectivity index (χ4n) is 3.10. The second-order valence-corrected chi connectivity index (χ2v) is 7.36. The first-order chi connectivity index (χ1) is 13.9. The molecule has 7 heteroatoms. The summed E-state index contributed by atoms with van der Waals surface area (Å²) in [4.78, 5) is 29.8. The molecule has 0 spiro atoms. The lowest BCUT2D eigenvalue weighted by molar-refractivity contribution is 0.102. The molecular weight excluding hydrogens is 437 g/mol. The molecule has 1 heterocycles. The average molecular weight is 452 g/mol. The van der Waals surface area contributed by atoms with Crippen LogP contribution in [-0.4, -0.2) is 15.5 Å². The number of aromatic nitrogens is 2. The van der Waals surface area contributed by atoms with Crippen LogP contribution >= 0.6 is 15.9 Å². The van der Waals surface area contributed by atoms with Crippen molar-refractivity contribution >= 4 is 38.4 Å². The van der Waals surface area contributed by atoms with Crippen LogP contribution in [0.1, 0.15) is 16.2 Å². The second-order valence-electron chi connectivity index (χ2n) is 6.44. The minimum Gasteiger partial charge on any atom is -0.319 e. The molecule has 0 radical (unpaired) electrons. The zero-order valence-corrected chi connectivity index (χ0v) is 16.9. The summed E-state index contributed by atoms with van der Waals surface area (Å²) >= 11 is 3.18. The number of carbonyl (C=O) groups excluding carboxylic acids is 1. The molecule has 0 aliphatic carbocycles. The molecule has 0 bridgehead atoms. The van der Waals surface area contributed by atoms with E-state index in [4.69, 9.17) is 0 Å². The van der Waals surface area contributed by atoms with Crippen LogP contribution in [0.25, 0.3) is 16.6 Å². The van der Waals surface area contributed by atoms with Crippen LogP contribution in [-0.2, 0) is 0 Å². The summed E-state index contributed by atoms with van der Waals surface area (Å²) in [7, 11) is 0. The maximum absolute atomic E-state index is 13.9. The highest BCUT2D eigenvalue weighted by Crippen LogP contribution is 2.20. The van der Waals surface area contributed by atoms with Crippen molar-refractivity contribution in [1.82, 2.24) is 9.55 Å². The number of fused-ring (bicyclic) bond motifs is 1. The van der Waals surface area contributed by atoms with E-state index < -0.39 is 11.7 Å². The number of nitrogens with zero attached hydrogens (tertiary/aromatic N) is 2. The van der Waals surface area contributed by atoms with Gasteiger partial charge in [0.05, 0.1) is 22.3 Å². The summed E-state index contributed by atoms with van der Waals surface area (Å²) < 4.78 is 16.0. The van der Waals surface area contributed by atoms with Crippen LogP contribution in [0.5, 0.6) is 0 Å². The molecule has 0 saturated carbocycles. The fourth-order valence-corrected chi connectivity index (χ4v) is 3.43. The van der Waals surface area contributed by atoms with Gasteiger partial charge in [0.1, 0.15) is 11.6 Å². The molecule has 29 heavy (non-hydrogen) atoms. The monoisotopic (exact) mass is 451 g/mol. The largest absolute Gasteiger partial charge is 0.319 e. The summed E-state index contributed by atoms with van der Waals surface area (Å²) in [5.41, 5.74) is 1.49. The highest BCUT2D eigenvalue weighted by Gasteiger charge is 2.12. The third-order valence-electron chi connectivity index (χ3n) is 4.51. The van der Waals surface area contributed by atoms with Gasteiger partial charge in [-0.1, -0.05) is 28.1 Å². The van der Waals surface area contributed by atoms with E-state index in [0.29, 0.717) is 32.5 Å². The number of aryl methyl sites for hydroxylation is 1. The molecule has 0 atom stereocenters. The second kappa shape index (κ2) is 7.60. The molecule has 4 rings (SSSR count). The zero-order valence-electron chi connectivity index (χ0n) is 15.3. The van der Waals surface area contributed by atoms with Gasteiger partial charge in [0.2, 0.25) is 0 Å². The minimum absolute atomic E-state index is 0.0908. The van der Waals surface area contributed by atoms with Crippen molar-refractivity contribution in [2.24, 2.45) is 0 Å². The summed E-state index contributed by atoms with van der Waals surface area (Å²) in [6, 6.07) is 18.1. The normalized spacial score (nSPS) is 10.9. The summed E-state index contributed by atoms with van der Waals surface area (Å²) in [6.07, 6.45) is 0. The average Bonchev–Trinajstić information content (AvgIpc) is 2.70. The van der Waals surface area contributed by atoms with E-state index in [2.05, 4.69) is 26.2 Å². The van der Waals surface area contributed by atoms with E-state index in [1.165, 1.54) is 16.7 Å². The van der Waals surface area contributed by atoms with Crippen molar-refractivity contribution in [2.45, 2.75) is 6.92 Å². The molecule has 4 aromatic rings. The van der Waals surface area contributed by atoms with E-state index in [9.17, 15) is 14.0 Å². The Bertz CT molecular complexity index is 1300. The Hall–Kier alpha value is -3.32. The molecule has 144 valence electrons. The molecule has 1 N–H and O–H groups in total. The Labute approximate surface area is 174 Å². The van der Waals surface area contributed by atoms with E-state index in [1.807, 2.05) is 6.07 Å². The molecule has 5 nitrogen and oxygen atoms in total. The first-order valence-corrected chi connectivity index (χ1v) is 9.58.